The summed E-state index contributed by atoms with van der Waals surface area (Å²) in [4.78, 5) is 16.6. The van der Waals surface area contributed by atoms with E-state index in [4.69, 9.17) is 4.42 Å². The molecule has 1 saturated carbocycles. The molecule has 2 heterocycles. The number of hydrogen-bond acceptors (Lipinski definition) is 3. The van der Waals surface area contributed by atoms with Gasteiger partial charge < -0.3 is 14.2 Å². The minimum Gasteiger partial charge on any atom is -0.466 e. The van der Waals surface area contributed by atoms with Crippen molar-refractivity contribution in [3.63, 3.8) is 0 Å². The Balaban J connectivity index is 1.49. The Morgan fingerprint density at radius 1 is 1.27 bits per heavy atom. The highest BCUT2D eigenvalue weighted by molar-refractivity contribution is 5.76. The van der Waals surface area contributed by atoms with Gasteiger partial charge in [0.1, 0.15) is 11.5 Å². The summed E-state index contributed by atoms with van der Waals surface area (Å²) in [5, 5.41) is 0. The van der Waals surface area contributed by atoms with Crippen molar-refractivity contribution in [2.45, 2.75) is 45.1 Å². The smallest absolute Gasteiger partial charge is 0.223 e. The number of likely N-dealkylation sites (tertiary alicyclic amines) is 1. The molecule has 0 aromatic carbocycles. The molecule has 1 saturated heterocycles. The lowest BCUT2D eigenvalue weighted by Crippen LogP contribution is -2.35. The van der Waals surface area contributed by atoms with Gasteiger partial charge in [0.05, 0.1) is 0 Å². The zero-order chi connectivity index (χ0) is 15.9. The van der Waals surface area contributed by atoms with E-state index in [1.807, 2.05) is 11.0 Å². The molecule has 3 rings (SSSR count). The molecule has 2 fully saturated rings. The van der Waals surface area contributed by atoms with Gasteiger partial charge in [0, 0.05) is 37.9 Å². The predicted octanol–water partition coefficient (Wildman–Crippen LogP) is 2.74. The van der Waals surface area contributed by atoms with Crippen molar-refractivity contribution in [2.24, 2.45) is 11.8 Å². The maximum atomic E-state index is 12.4. The topological polar surface area (TPSA) is 36.7 Å². The first-order chi connectivity index (χ1) is 10.5. The quantitative estimate of drug-likeness (QED) is 0.839. The highest BCUT2D eigenvalue weighted by atomic mass is 16.3. The zero-order valence-electron chi connectivity index (χ0n) is 14.2. The number of rotatable bonds is 5. The first kappa shape index (κ1) is 15.6. The van der Waals surface area contributed by atoms with Gasteiger partial charge in [0.2, 0.25) is 5.91 Å². The van der Waals surface area contributed by atoms with Gasteiger partial charge in [0.25, 0.3) is 0 Å². The Morgan fingerprint density at radius 2 is 2.00 bits per heavy atom. The van der Waals surface area contributed by atoms with E-state index in [9.17, 15) is 4.79 Å². The number of likely N-dealkylation sites (N-methyl/N-ethyl adjacent to an activating group) is 1. The maximum Gasteiger partial charge on any atom is 0.223 e. The average Bonchev–Trinajstić information content (AvgIpc) is 2.91. The number of carbonyl (C=O) groups excluding carboxylic acids is 1. The molecule has 22 heavy (non-hydrogen) atoms. The third kappa shape index (κ3) is 3.22. The van der Waals surface area contributed by atoms with Crippen LogP contribution in [0.1, 0.15) is 44.1 Å². The fraction of sp³-hybridized carbons (Fsp3) is 0.722. The van der Waals surface area contributed by atoms with Gasteiger partial charge in [-0.15, -0.1) is 0 Å². The number of hydrogen-bond donors (Lipinski definition) is 0. The summed E-state index contributed by atoms with van der Waals surface area (Å²) in [5.41, 5.74) is 0. The molecule has 1 aliphatic carbocycles. The molecule has 0 unspecified atom stereocenters. The van der Waals surface area contributed by atoms with Crippen LogP contribution < -0.4 is 0 Å². The van der Waals surface area contributed by atoms with E-state index in [0.717, 1.165) is 36.9 Å². The molecule has 4 heteroatoms. The Hall–Kier alpha value is -1.29. The van der Waals surface area contributed by atoms with Crippen LogP contribution in [0.15, 0.2) is 16.5 Å². The monoisotopic (exact) mass is 304 g/mol. The van der Waals surface area contributed by atoms with E-state index in [2.05, 4.69) is 38.9 Å². The number of furan rings is 1. The van der Waals surface area contributed by atoms with Crippen LogP contribution in [0.25, 0.3) is 0 Å². The summed E-state index contributed by atoms with van der Waals surface area (Å²) >= 11 is 0. The van der Waals surface area contributed by atoms with Crippen LogP contribution in [0.4, 0.5) is 0 Å². The molecule has 2 aliphatic rings. The van der Waals surface area contributed by atoms with Gasteiger partial charge in [-0.1, -0.05) is 13.8 Å². The summed E-state index contributed by atoms with van der Waals surface area (Å²) in [7, 11) is 4.19. The lowest BCUT2D eigenvalue weighted by atomic mass is 10.1. The molecule has 1 amide bonds. The molecule has 4 atom stereocenters. The lowest BCUT2D eigenvalue weighted by Gasteiger charge is -2.22. The molecule has 0 bridgehead atoms. The second kappa shape index (κ2) is 6.07. The molecule has 0 N–H and O–H groups in total. The Labute approximate surface area is 133 Å². The first-order valence-electron chi connectivity index (χ1n) is 8.48. The van der Waals surface area contributed by atoms with Crippen molar-refractivity contribution in [1.82, 2.24) is 9.80 Å². The largest absolute Gasteiger partial charge is 0.466 e. The fourth-order valence-electron chi connectivity index (χ4n) is 3.66. The van der Waals surface area contributed by atoms with Crippen molar-refractivity contribution >= 4 is 5.91 Å². The molecule has 1 aromatic heterocycles. The molecule has 1 aromatic rings. The summed E-state index contributed by atoms with van der Waals surface area (Å²) < 4.78 is 5.89. The van der Waals surface area contributed by atoms with Gasteiger partial charge in [0.15, 0.2) is 0 Å². The van der Waals surface area contributed by atoms with Crippen LogP contribution in [-0.2, 0) is 11.2 Å². The summed E-state index contributed by atoms with van der Waals surface area (Å²) in [6.45, 7) is 6.22. The van der Waals surface area contributed by atoms with E-state index in [1.54, 1.807) is 0 Å². The third-order valence-electron chi connectivity index (χ3n) is 5.33. The van der Waals surface area contributed by atoms with Crippen molar-refractivity contribution in [1.29, 1.82) is 0 Å². The van der Waals surface area contributed by atoms with Gasteiger partial charge in [-0.05, 0) is 44.5 Å². The van der Waals surface area contributed by atoms with Crippen LogP contribution in [-0.4, -0.2) is 48.9 Å². The van der Waals surface area contributed by atoms with E-state index >= 15 is 0 Å². The van der Waals surface area contributed by atoms with Gasteiger partial charge in [-0.3, -0.25) is 4.79 Å². The fourth-order valence-corrected chi connectivity index (χ4v) is 3.66. The van der Waals surface area contributed by atoms with E-state index in [0.29, 0.717) is 24.3 Å². The van der Waals surface area contributed by atoms with E-state index in [1.165, 1.54) is 6.42 Å². The molecular formula is C18H28N2O2. The Kier molecular flexibility index (Phi) is 4.31. The Morgan fingerprint density at radius 3 is 2.59 bits per heavy atom. The standard InChI is InChI=1S/C18H28N2O2/c1-12-9-15(12)17-7-5-14(22-17)6-8-18(21)20-10-13(2)16(11-20)19(3)4/h5,7,12-13,15-16H,6,8-11H2,1-4H3/t12-,13+,15+,16-/m1/s1. The molecule has 0 radical (unpaired) electrons. The molecular weight excluding hydrogens is 276 g/mol. The second-order valence-electron chi connectivity index (χ2n) is 7.43. The molecule has 0 spiro atoms. The van der Waals surface area contributed by atoms with Crippen molar-refractivity contribution in [2.75, 3.05) is 27.2 Å². The Bertz CT molecular complexity index is 537. The SMILES string of the molecule is C[C@@H]1C[C@@H]1c1ccc(CCC(=O)N2C[C@@H](N(C)C)[C@@H](C)C2)o1. The second-order valence-corrected chi connectivity index (χ2v) is 7.43. The van der Waals surface area contributed by atoms with E-state index in [-0.39, 0.29) is 5.91 Å². The molecule has 1 aliphatic heterocycles. The lowest BCUT2D eigenvalue weighted by molar-refractivity contribution is -0.130. The maximum absolute atomic E-state index is 12.4. The highest BCUT2D eigenvalue weighted by Crippen LogP contribution is 2.47. The highest BCUT2D eigenvalue weighted by Gasteiger charge is 2.37. The van der Waals surface area contributed by atoms with Crippen LogP contribution in [0.3, 0.4) is 0 Å². The molecule has 122 valence electrons. The average molecular weight is 304 g/mol. The minimum atomic E-state index is 0.258. The van der Waals surface area contributed by atoms with Crippen LogP contribution >= 0.6 is 0 Å². The number of nitrogens with zero attached hydrogens (tertiary/aromatic N) is 2. The molecule has 4 nitrogen and oxygen atoms in total. The van der Waals surface area contributed by atoms with E-state index < -0.39 is 0 Å². The van der Waals surface area contributed by atoms with Crippen molar-refractivity contribution in [3.05, 3.63) is 23.7 Å². The van der Waals surface area contributed by atoms with Gasteiger partial charge in [-0.25, -0.2) is 0 Å². The minimum absolute atomic E-state index is 0.258. The van der Waals surface area contributed by atoms with Crippen molar-refractivity contribution in [3.8, 4) is 0 Å². The first-order valence-corrected chi connectivity index (χ1v) is 8.48. The van der Waals surface area contributed by atoms with Crippen molar-refractivity contribution < 1.29 is 9.21 Å². The third-order valence-corrected chi connectivity index (χ3v) is 5.33. The van der Waals surface area contributed by atoms with Gasteiger partial charge in [-0.2, -0.15) is 0 Å². The van der Waals surface area contributed by atoms with Crippen LogP contribution in [0.2, 0.25) is 0 Å². The van der Waals surface area contributed by atoms with Crippen LogP contribution in [0.5, 0.6) is 0 Å². The van der Waals surface area contributed by atoms with Gasteiger partial charge >= 0.3 is 0 Å². The normalized spacial score (nSPS) is 31.0. The summed E-state index contributed by atoms with van der Waals surface area (Å²) in [6, 6.07) is 4.62. The number of amides is 1. The number of carbonyl (C=O) groups is 1. The van der Waals surface area contributed by atoms with Crippen LogP contribution in [0, 0.1) is 11.8 Å². The number of aryl methyl sites for hydroxylation is 1. The summed E-state index contributed by atoms with van der Waals surface area (Å²) in [6.07, 6.45) is 2.51. The zero-order valence-corrected chi connectivity index (χ0v) is 14.2. The summed E-state index contributed by atoms with van der Waals surface area (Å²) in [5.74, 6) is 4.25. The predicted molar refractivity (Wildman–Crippen MR) is 86.8 cm³/mol.